The molecular formula is C18H26FIN4O3. The highest BCUT2D eigenvalue weighted by molar-refractivity contribution is 14.0. The number of hydrogen-bond acceptors (Lipinski definition) is 4. The van der Waals surface area contributed by atoms with Gasteiger partial charge in [-0.15, -0.1) is 24.0 Å². The highest BCUT2D eigenvalue weighted by Gasteiger charge is 2.25. The third kappa shape index (κ3) is 7.31. The topological polar surface area (TPSA) is 83.0 Å². The molecule has 0 spiro atoms. The molecule has 0 radical (unpaired) electrons. The Morgan fingerprint density at radius 2 is 1.93 bits per heavy atom. The molecule has 7 nitrogen and oxygen atoms in total. The Bertz CT molecular complexity index is 656. The molecular weight excluding hydrogens is 466 g/mol. The zero-order valence-electron chi connectivity index (χ0n) is 15.5. The number of halogens is 2. The summed E-state index contributed by atoms with van der Waals surface area (Å²) in [5.41, 5.74) is 0. The fraction of sp³-hybridized carbons (Fsp3) is 0.500. The Labute approximate surface area is 175 Å². The van der Waals surface area contributed by atoms with Crippen molar-refractivity contribution < 1.29 is 18.7 Å². The fourth-order valence-electron chi connectivity index (χ4n) is 2.60. The van der Waals surface area contributed by atoms with Crippen molar-refractivity contribution in [2.75, 3.05) is 26.7 Å². The first-order valence-corrected chi connectivity index (χ1v) is 8.70. The van der Waals surface area contributed by atoms with Crippen molar-refractivity contribution in [2.24, 2.45) is 4.99 Å². The third-order valence-electron chi connectivity index (χ3n) is 3.96. The van der Waals surface area contributed by atoms with Gasteiger partial charge in [0, 0.05) is 33.0 Å². The van der Waals surface area contributed by atoms with Crippen LogP contribution in [0.5, 0.6) is 5.75 Å². The van der Waals surface area contributed by atoms with E-state index in [1.54, 1.807) is 25.2 Å². The van der Waals surface area contributed by atoms with Crippen LogP contribution in [0.2, 0.25) is 0 Å². The monoisotopic (exact) mass is 492 g/mol. The minimum atomic E-state index is -0.405. The Hall–Kier alpha value is -1.91. The highest BCUT2D eigenvalue weighted by Crippen LogP contribution is 2.16. The van der Waals surface area contributed by atoms with Gasteiger partial charge in [0.05, 0.1) is 6.54 Å². The summed E-state index contributed by atoms with van der Waals surface area (Å²) in [5.74, 6) is 0.0614. The van der Waals surface area contributed by atoms with Crippen LogP contribution in [0.3, 0.4) is 0 Å². The maximum Gasteiger partial charge on any atom is 0.229 e. The zero-order chi connectivity index (χ0) is 18.9. The van der Waals surface area contributed by atoms with Crippen molar-refractivity contribution >= 4 is 41.8 Å². The number of carbonyl (C=O) groups is 2. The fourth-order valence-corrected chi connectivity index (χ4v) is 2.60. The number of nitrogens with zero attached hydrogens (tertiary/aromatic N) is 2. The van der Waals surface area contributed by atoms with E-state index in [-0.39, 0.29) is 47.6 Å². The average Bonchev–Trinajstić information content (AvgIpc) is 2.62. The van der Waals surface area contributed by atoms with E-state index in [1.165, 1.54) is 11.0 Å². The van der Waals surface area contributed by atoms with E-state index in [2.05, 4.69) is 15.6 Å². The molecule has 2 rings (SSSR count). The molecule has 0 bridgehead atoms. The Kier molecular flexibility index (Phi) is 10.0. The van der Waals surface area contributed by atoms with Gasteiger partial charge in [0.1, 0.15) is 6.10 Å². The summed E-state index contributed by atoms with van der Waals surface area (Å²) >= 11 is 0. The van der Waals surface area contributed by atoms with Crippen molar-refractivity contribution in [1.82, 2.24) is 15.5 Å². The molecule has 1 saturated heterocycles. The second kappa shape index (κ2) is 11.7. The predicted molar refractivity (Wildman–Crippen MR) is 112 cm³/mol. The van der Waals surface area contributed by atoms with E-state index in [0.717, 1.165) is 0 Å². The number of aliphatic imine (C=N–C) groups is 1. The number of guanidine groups is 1. The Morgan fingerprint density at radius 1 is 1.26 bits per heavy atom. The van der Waals surface area contributed by atoms with E-state index < -0.39 is 5.82 Å². The Balaban J connectivity index is 0.00000364. The molecule has 1 aliphatic rings. The second-order valence-electron chi connectivity index (χ2n) is 6.03. The minimum absolute atomic E-state index is 0. The van der Waals surface area contributed by atoms with Crippen LogP contribution < -0.4 is 15.4 Å². The van der Waals surface area contributed by atoms with Gasteiger partial charge in [-0.25, -0.2) is 4.39 Å². The molecule has 1 heterocycles. The van der Waals surface area contributed by atoms with E-state index in [4.69, 9.17) is 4.74 Å². The number of rotatable bonds is 7. The number of hydrogen-bond donors (Lipinski definition) is 2. The van der Waals surface area contributed by atoms with Gasteiger partial charge < -0.3 is 15.4 Å². The smallest absolute Gasteiger partial charge is 0.229 e. The molecule has 2 amide bonds. The van der Waals surface area contributed by atoms with Crippen molar-refractivity contribution in [3.05, 3.63) is 30.1 Å². The number of nitrogens with one attached hydrogen (secondary N) is 2. The summed E-state index contributed by atoms with van der Waals surface area (Å²) in [5, 5.41) is 6.12. The van der Waals surface area contributed by atoms with E-state index >= 15 is 0 Å². The van der Waals surface area contributed by atoms with E-state index in [1.807, 2.05) is 6.92 Å². The van der Waals surface area contributed by atoms with Crippen LogP contribution in [0.1, 0.15) is 26.2 Å². The molecule has 1 atom stereocenters. The standard InChI is InChI=1S/C18H25FN4O3.HI/c1-13(26-15-7-4-3-6-14(15)19)12-22-18(20-2)21-10-11-23-16(24)8-5-9-17(23)25;/h3-4,6-7,13H,5,8-12H2,1-2H3,(H2,20,21,22);1H. The summed E-state index contributed by atoms with van der Waals surface area (Å²) in [7, 11) is 1.62. The van der Waals surface area contributed by atoms with Crippen LogP contribution in [0.25, 0.3) is 0 Å². The lowest BCUT2D eigenvalue weighted by Crippen LogP contribution is -2.47. The molecule has 27 heavy (non-hydrogen) atoms. The first-order valence-electron chi connectivity index (χ1n) is 8.70. The van der Waals surface area contributed by atoms with Crippen molar-refractivity contribution in [1.29, 1.82) is 0 Å². The SMILES string of the molecule is CN=C(NCCN1C(=O)CCCC1=O)NCC(C)Oc1ccccc1F.I. The molecule has 1 aromatic rings. The van der Waals surface area contributed by atoms with Gasteiger partial charge in [0.25, 0.3) is 0 Å². The van der Waals surface area contributed by atoms with Gasteiger partial charge in [-0.05, 0) is 25.5 Å². The normalized spacial score (nSPS) is 15.8. The molecule has 0 saturated carbocycles. The molecule has 150 valence electrons. The van der Waals surface area contributed by atoms with Crippen molar-refractivity contribution in [2.45, 2.75) is 32.3 Å². The maximum atomic E-state index is 13.6. The number of benzene rings is 1. The number of piperidine rings is 1. The summed E-state index contributed by atoms with van der Waals surface area (Å²) < 4.78 is 19.1. The number of imide groups is 1. The van der Waals surface area contributed by atoms with Crippen LogP contribution in [-0.2, 0) is 9.59 Å². The molecule has 9 heteroatoms. The number of likely N-dealkylation sites (tertiary alicyclic amines) is 1. The van der Waals surface area contributed by atoms with Crippen LogP contribution in [-0.4, -0.2) is 55.5 Å². The summed E-state index contributed by atoms with van der Waals surface area (Å²) in [4.78, 5) is 28.9. The molecule has 0 aromatic heterocycles. The van der Waals surface area contributed by atoms with Crippen molar-refractivity contribution in [3.63, 3.8) is 0 Å². The van der Waals surface area contributed by atoms with Crippen LogP contribution >= 0.6 is 24.0 Å². The molecule has 1 unspecified atom stereocenters. The quantitative estimate of drug-likeness (QED) is 0.263. The molecule has 1 aliphatic heterocycles. The zero-order valence-corrected chi connectivity index (χ0v) is 17.9. The first kappa shape index (κ1) is 23.1. The van der Waals surface area contributed by atoms with E-state index in [0.29, 0.717) is 44.9 Å². The lowest BCUT2D eigenvalue weighted by molar-refractivity contribution is -0.147. The van der Waals surface area contributed by atoms with Gasteiger partial charge in [-0.3, -0.25) is 19.5 Å². The van der Waals surface area contributed by atoms with Gasteiger partial charge in [0.15, 0.2) is 17.5 Å². The van der Waals surface area contributed by atoms with E-state index in [9.17, 15) is 14.0 Å². The number of amides is 2. The Morgan fingerprint density at radius 3 is 2.56 bits per heavy atom. The van der Waals surface area contributed by atoms with Crippen LogP contribution in [0.4, 0.5) is 4.39 Å². The molecule has 1 aromatic carbocycles. The summed E-state index contributed by atoms with van der Waals surface area (Å²) in [6, 6.07) is 6.24. The average molecular weight is 492 g/mol. The summed E-state index contributed by atoms with van der Waals surface area (Å²) in [6.07, 6.45) is 1.19. The number of ether oxygens (including phenoxy) is 1. The van der Waals surface area contributed by atoms with Crippen LogP contribution in [0, 0.1) is 5.82 Å². The lowest BCUT2D eigenvalue weighted by atomic mass is 10.1. The van der Waals surface area contributed by atoms with Crippen LogP contribution in [0.15, 0.2) is 29.3 Å². The number of para-hydroxylation sites is 1. The molecule has 2 N–H and O–H groups in total. The second-order valence-corrected chi connectivity index (χ2v) is 6.03. The van der Waals surface area contributed by atoms with Gasteiger partial charge in [0.2, 0.25) is 11.8 Å². The first-order chi connectivity index (χ1) is 12.5. The van der Waals surface area contributed by atoms with Gasteiger partial charge >= 0.3 is 0 Å². The molecule has 0 aliphatic carbocycles. The largest absolute Gasteiger partial charge is 0.486 e. The minimum Gasteiger partial charge on any atom is -0.486 e. The molecule has 1 fully saturated rings. The lowest BCUT2D eigenvalue weighted by Gasteiger charge is -2.25. The predicted octanol–water partition coefficient (Wildman–Crippen LogP) is 1.92. The number of carbonyl (C=O) groups excluding carboxylic acids is 2. The highest BCUT2D eigenvalue weighted by atomic mass is 127. The third-order valence-corrected chi connectivity index (χ3v) is 3.96. The summed E-state index contributed by atoms with van der Waals surface area (Å²) in [6.45, 7) is 2.94. The van der Waals surface area contributed by atoms with Gasteiger partial charge in [-0.2, -0.15) is 0 Å². The maximum absolute atomic E-state index is 13.6. The van der Waals surface area contributed by atoms with Crippen molar-refractivity contribution in [3.8, 4) is 5.75 Å². The van der Waals surface area contributed by atoms with Gasteiger partial charge in [-0.1, -0.05) is 12.1 Å².